The van der Waals surface area contributed by atoms with Gasteiger partial charge in [0.05, 0.1) is 11.3 Å². The number of piperazine rings is 1. The van der Waals surface area contributed by atoms with Crippen LogP contribution in [0.5, 0.6) is 0 Å². The van der Waals surface area contributed by atoms with Crippen molar-refractivity contribution in [2.24, 2.45) is 0 Å². The van der Waals surface area contributed by atoms with Crippen molar-refractivity contribution in [3.8, 4) is 0 Å². The van der Waals surface area contributed by atoms with Gasteiger partial charge in [-0.1, -0.05) is 0 Å². The van der Waals surface area contributed by atoms with Gasteiger partial charge in [-0.3, -0.25) is 0 Å². The van der Waals surface area contributed by atoms with Crippen molar-refractivity contribution in [3.63, 3.8) is 0 Å². The quantitative estimate of drug-likeness (QED) is 0.784. The second-order valence-electron chi connectivity index (χ2n) is 4.87. The zero-order chi connectivity index (χ0) is 15.6. The highest BCUT2D eigenvalue weighted by molar-refractivity contribution is 5.89. The van der Waals surface area contributed by atoms with Crippen molar-refractivity contribution in [3.05, 3.63) is 29.6 Å². The molecule has 4 nitrogen and oxygen atoms in total. The maximum Gasteiger partial charge on any atom is 0.416 e. The molecule has 1 aromatic carbocycles. The molecule has 2 amide bonds. The predicted octanol–water partition coefficient (Wildman–Crippen LogP) is 2.67. The molecule has 8 heteroatoms. The zero-order valence-corrected chi connectivity index (χ0v) is 11.3. The molecule has 0 aliphatic carbocycles. The van der Waals surface area contributed by atoms with Crippen molar-refractivity contribution in [2.45, 2.75) is 19.1 Å². The van der Waals surface area contributed by atoms with Crippen LogP contribution in [-0.4, -0.2) is 36.6 Å². The first-order valence-corrected chi connectivity index (χ1v) is 6.44. The van der Waals surface area contributed by atoms with Crippen LogP contribution in [-0.2, 0) is 6.18 Å². The normalized spacial score (nSPS) is 19.5. The van der Waals surface area contributed by atoms with Gasteiger partial charge < -0.3 is 15.5 Å². The number of nitrogens with zero attached hydrogens (tertiary/aromatic N) is 1. The van der Waals surface area contributed by atoms with Crippen LogP contribution >= 0.6 is 0 Å². The lowest BCUT2D eigenvalue weighted by Crippen LogP contribution is -2.53. The van der Waals surface area contributed by atoms with E-state index in [1.165, 1.54) is 4.90 Å². The molecule has 1 aliphatic rings. The van der Waals surface area contributed by atoms with Gasteiger partial charge in [-0.2, -0.15) is 13.2 Å². The highest BCUT2D eigenvalue weighted by Crippen LogP contribution is 2.31. The first-order valence-electron chi connectivity index (χ1n) is 6.44. The van der Waals surface area contributed by atoms with Crippen molar-refractivity contribution in [1.29, 1.82) is 0 Å². The van der Waals surface area contributed by atoms with E-state index in [-0.39, 0.29) is 11.7 Å². The summed E-state index contributed by atoms with van der Waals surface area (Å²) in [5.74, 6) is -1.11. The third-order valence-electron chi connectivity index (χ3n) is 3.30. The molecule has 1 fully saturated rings. The van der Waals surface area contributed by atoms with Gasteiger partial charge in [-0.05, 0) is 25.1 Å². The number of urea groups is 1. The van der Waals surface area contributed by atoms with E-state index in [1.54, 1.807) is 0 Å². The largest absolute Gasteiger partial charge is 0.416 e. The minimum absolute atomic E-state index is 0.0729. The van der Waals surface area contributed by atoms with Gasteiger partial charge in [0.2, 0.25) is 0 Å². The number of carbonyl (C=O) groups is 1. The molecular formula is C13H15F4N3O. The van der Waals surface area contributed by atoms with Gasteiger partial charge in [0.15, 0.2) is 0 Å². The highest BCUT2D eigenvalue weighted by Gasteiger charge is 2.31. The summed E-state index contributed by atoms with van der Waals surface area (Å²) >= 11 is 0. The van der Waals surface area contributed by atoms with Gasteiger partial charge in [0.1, 0.15) is 5.82 Å². The van der Waals surface area contributed by atoms with Gasteiger partial charge in [-0.15, -0.1) is 0 Å². The fraction of sp³-hybridized carbons (Fsp3) is 0.462. The number of benzene rings is 1. The molecule has 1 unspecified atom stereocenters. The van der Waals surface area contributed by atoms with Crippen LogP contribution in [0.2, 0.25) is 0 Å². The topological polar surface area (TPSA) is 44.4 Å². The second kappa shape index (κ2) is 5.88. The summed E-state index contributed by atoms with van der Waals surface area (Å²) in [6.45, 7) is 3.51. The zero-order valence-electron chi connectivity index (χ0n) is 11.3. The van der Waals surface area contributed by atoms with E-state index in [0.717, 1.165) is 12.1 Å². The molecule has 0 saturated carbocycles. The summed E-state index contributed by atoms with van der Waals surface area (Å²) in [6.07, 6.45) is -4.61. The summed E-state index contributed by atoms with van der Waals surface area (Å²) in [4.78, 5) is 13.5. The molecule has 1 aromatic rings. The highest BCUT2D eigenvalue weighted by atomic mass is 19.4. The van der Waals surface area contributed by atoms with E-state index >= 15 is 0 Å². The molecule has 1 atom stereocenters. The van der Waals surface area contributed by atoms with Crippen LogP contribution in [0, 0.1) is 5.82 Å². The lowest BCUT2D eigenvalue weighted by Gasteiger charge is -2.33. The third-order valence-corrected chi connectivity index (χ3v) is 3.30. The lowest BCUT2D eigenvalue weighted by molar-refractivity contribution is -0.137. The number of hydrogen-bond donors (Lipinski definition) is 2. The van der Waals surface area contributed by atoms with Gasteiger partial charge in [0.25, 0.3) is 0 Å². The Balaban J connectivity index is 2.11. The minimum Gasteiger partial charge on any atom is -0.319 e. The molecule has 0 radical (unpaired) electrons. The number of anilines is 1. The molecule has 21 heavy (non-hydrogen) atoms. The van der Waals surface area contributed by atoms with Crippen LogP contribution in [0.1, 0.15) is 12.5 Å². The van der Waals surface area contributed by atoms with Gasteiger partial charge in [0, 0.05) is 25.7 Å². The average Bonchev–Trinajstić information content (AvgIpc) is 2.40. The molecular weight excluding hydrogens is 290 g/mol. The number of alkyl halides is 3. The van der Waals surface area contributed by atoms with E-state index in [2.05, 4.69) is 10.6 Å². The first kappa shape index (κ1) is 15.6. The maximum atomic E-state index is 13.7. The minimum atomic E-state index is -4.61. The number of halogens is 4. The van der Waals surface area contributed by atoms with Crippen molar-refractivity contribution < 1.29 is 22.4 Å². The molecule has 0 aromatic heterocycles. The molecule has 1 heterocycles. The Morgan fingerprint density at radius 1 is 1.43 bits per heavy atom. The maximum absolute atomic E-state index is 13.7. The molecule has 2 N–H and O–H groups in total. The third kappa shape index (κ3) is 3.63. The van der Waals surface area contributed by atoms with Gasteiger partial charge >= 0.3 is 12.2 Å². The molecule has 0 bridgehead atoms. The van der Waals surface area contributed by atoms with E-state index in [9.17, 15) is 22.4 Å². The second-order valence-corrected chi connectivity index (χ2v) is 4.87. The summed E-state index contributed by atoms with van der Waals surface area (Å²) < 4.78 is 51.0. The van der Waals surface area contributed by atoms with E-state index in [1.807, 2.05) is 6.92 Å². The summed E-state index contributed by atoms with van der Waals surface area (Å²) in [6, 6.07) is 1.43. The Kier molecular flexibility index (Phi) is 4.36. The van der Waals surface area contributed by atoms with E-state index in [0.29, 0.717) is 25.7 Å². The van der Waals surface area contributed by atoms with E-state index in [4.69, 9.17) is 0 Å². The Morgan fingerprint density at radius 3 is 2.71 bits per heavy atom. The van der Waals surface area contributed by atoms with Crippen LogP contribution in [0.15, 0.2) is 18.2 Å². The molecule has 116 valence electrons. The fourth-order valence-electron chi connectivity index (χ4n) is 2.12. The van der Waals surface area contributed by atoms with Crippen LogP contribution in [0.3, 0.4) is 0 Å². The van der Waals surface area contributed by atoms with Gasteiger partial charge in [-0.25, -0.2) is 9.18 Å². The Morgan fingerprint density at radius 2 is 2.14 bits per heavy atom. The summed E-state index contributed by atoms with van der Waals surface area (Å²) in [7, 11) is 0. The molecule has 0 spiro atoms. The number of carbonyl (C=O) groups excluding carboxylic acids is 1. The molecule has 1 aliphatic heterocycles. The SMILES string of the molecule is CC1CNCCN1C(=O)Nc1ccc(C(F)(F)F)cc1F. The van der Waals surface area contributed by atoms with Crippen molar-refractivity contribution in [1.82, 2.24) is 10.2 Å². The predicted molar refractivity (Wildman–Crippen MR) is 69.5 cm³/mol. The number of nitrogens with one attached hydrogen (secondary N) is 2. The summed E-state index contributed by atoms with van der Waals surface area (Å²) in [5.41, 5.74) is -1.35. The standard InChI is InChI=1S/C13H15F4N3O/c1-8-7-18-4-5-20(8)12(21)19-11-3-2-9(6-10(11)14)13(15,16)17/h2-3,6,8,18H,4-5,7H2,1H3,(H,19,21). The average molecular weight is 305 g/mol. The Bertz CT molecular complexity index is 533. The Labute approximate surface area is 119 Å². The monoisotopic (exact) mass is 305 g/mol. The smallest absolute Gasteiger partial charge is 0.319 e. The van der Waals surface area contributed by atoms with Crippen LogP contribution in [0.4, 0.5) is 28.0 Å². The molecule has 1 saturated heterocycles. The van der Waals surface area contributed by atoms with Crippen LogP contribution < -0.4 is 10.6 Å². The van der Waals surface area contributed by atoms with E-state index < -0.39 is 23.6 Å². The Hall–Kier alpha value is -1.83. The summed E-state index contributed by atoms with van der Waals surface area (Å²) in [5, 5.41) is 5.40. The number of amides is 2. The number of hydrogen-bond acceptors (Lipinski definition) is 2. The number of rotatable bonds is 1. The molecule has 2 rings (SSSR count). The lowest BCUT2D eigenvalue weighted by atomic mass is 10.2. The fourth-order valence-corrected chi connectivity index (χ4v) is 2.12. The first-order chi connectivity index (χ1) is 9.79. The van der Waals surface area contributed by atoms with Crippen LogP contribution in [0.25, 0.3) is 0 Å². The van der Waals surface area contributed by atoms with Crippen molar-refractivity contribution in [2.75, 3.05) is 25.0 Å². The van der Waals surface area contributed by atoms with Crippen molar-refractivity contribution >= 4 is 11.7 Å².